The fraction of sp³-hybridized carbons (Fsp3) is 0.327. The van der Waals surface area contributed by atoms with Crippen molar-refractivity contribution >= 4 is 53.4 Å². The smallest absolute Gasteiger partial charge is 0.514 e. The van der Waals surface area contributed by atoms with E-state index in [4.69, 9.17) is 18.9 Å². The van der Waals surface area contributed by atoms with Crippen LogP contribution < -0.4 is 36.9 Å². The molecule has 2 fully saturated rings. The minimum atomic E-state index is -0.931. The number of nitrogens with one attached hydrogen (secondary N) is 2. The van der Waals surface area contributed by atoms with Crippen LogP contribution in [-0.4, -0.2) is 80.7 Å². The van der Waals surface area contributed by atoms with Crippen molar-refractivity contribution in [3.8, 4) is 5.75 Å². The van der Waals surface area contributed by atoms with Gasteiger partial charge in [-0.15, -0.1) is 11.8 Å². The zero-order valence-electron chi connectivity index (χ0n) is 37.4. The molecule has 3 aliphatic heterocycles. The van der Waals surface area contributed by atoms with Crippen LogP contribution in [0.4, 0.5) is 15.3 Å². The second kappa shape index (κ2) is 20.8. The first-order valence-electron chi connectivity index (χ1n) is 21.2. The number of hydrogen-bond acceptors (Lipinski definition) is 11. The number of thioether (sulfide) groups is 1. The maximum atomic E-state index is 14.5. The number of fused-ring (bicyclic) bond motifs is 1. The second-order valence-corrected chi connectivity index (χ2v) is 18.8. The number of carbonyl (C=O) groups excluding carboxylic acids is 6. The summed E-state index contributed by atoms with van der Waals surface area (Å²) in [5.74, 6) is -1.17. The number of ether oxygens (including phenoxy) is 4. The molecule has 2 atom stereocenters. The molecule has 2 saturated heterocycles. The van der Waals surface area contributed by atoms with Gasteiger partial charge in [-0.25, -0.2) is 14.4 Å². The number of rotatable bonds is 12. The van der Waals surface area contributed by atoms with Crippen LogP contribution in [0.25, 0.3) is 0 Å². The van der Waals surface area contributed by atoms with E-state index in [-0.39, 0.29) is 52.5 Å². The summed E-state index contributed by atoms with van der Waals surface area (Å²) in [5, 5.41) is 4.89. The number of nitrogens with zero attached hydrogens (tertiary/aromatic N) is 3. The number of pyridine rings is 1. The second-order valence-electron chi connectivity index (χ2n) is 17.7. The van der Waals surface area contributed by atoms with E-state index in [9.17, 15) is 28.8 Å². The van der Waals surface area contributed by atoms with Crippen molar-refractivity contribution in [3.63, 3.8) is 0 Å². The number of alkyl carbamates (subject to hydrolysis) is 1. The van der Waals surface area contributed by atoms with Crippen LogP contribution in [0.5, 0.6) is 5.75 Å². The van der Waals surface area contributed by atoms with Crippen LogP contribution in [-0.2, 0) is 46.5 Å². The minimum absolute atomic E-state index is 0. The number of hydrogen-bond donors (Lipinski definition) is 2. The standard InChI is InChI=1S/C49H51N5O10S.BrH/c1-48(2,3)63-46(59)51-39-43(57)54-40(45(58)62-41(32-13-9-7-10-14-32)33-15-11-8-12-16-33)35(30-65-44(39)54)27-34-23-26-53(42(34)56)28-31-21-24-52(25-22-31)29-38(55)50-36-17-19-37(20-18-36)61-47(60)64-49(4,5)6;/h7-22,24-25,27,39,41,44H,23,26,28-30H2,1-6H3,(H-,50,51,55,59);1H/b34-27+;/t39-,44-;/m1./s1. The third-order valence-electron chi connectivity index (χ3n) is 10.2. The zero-order valence-corrected chi connectivity index (χ0v) is 39.9. The number of benzene rings is 3. The quantitative estimate of drug-likeness (QED) is 0.0525. The number of amides is 4. The van der Waals surface area contributed by atoms with Crippen LogP contribution in [0.3, 0.4) is 0 Å². The molecule has 2 N–H and O–H groups in total. The average molecular weight is 983 g/mol. The van der Waals surface area contributed by atoms with Crippen molar-refractivity contribution in [1.29, 1.82) is 0 Å². The van der Waals surface area contributed by atoms with Gasteiger partial charge in [-0.05, 0) is 101 Å². The fourth-order valence-electron chi connectivity index (χ4n) is 7.35. The van der Waals surface area contributed by atoms with Gasteiger partial charge < -0.3 is 51.5 Å². The van der Waals surface area contributed by atoms with Crippen LogP contribution >= 0.6 is 11.8 Å². The van der Waals surface area contributed by atoms with Gasteiger partial charge in [0.1, 0.15) is 34.1 Å². The number of β-lactam (4-membered cyclic amide) rings is 1. The Morgan fingerprint density at radius 1 is 0.833 bits per heavy atom. The van der Waals surface area contributed by atoms with E-state index >= 15 is 0 Å². The monoisotopic (exact) mass is 981 g/mol. The lowest BCUT2D eigenvalue weighted by Gasteiger charge is -2.49. The van der Waals surface area contributed by atoms with Gasteiger partial charge in [0.2, 0.25) is 12.5 Å². The molecule has 7 rings (SSSR count). The Morgan fingerprint density at radius 3 is 2.03 bits per heavy atom. The topological polar surface area (TPSA) is 174 Å². The lowest BCUT2D eigenvalue weighted by atomic mass is 10.00. The van der Waals surface area contributed by atoms with E-state index in [1.807, 2.05) is 72.8 Å². The molecule has 0 saturated carbocycles. The summed E-state index contributed by atoms with van der Waals surface area (Å²) in [5.41, 5.74) is 2.34. The van der Waals surface area contributed by atoms with Crippen molar-refractivity contribution in [2.75, 3.05) is 17.6 Å². The van der Waals surface area contributed by atoms with Gasteiger partial charge >= 0.3 is 18.2 Å². The number of halogens is 1. The molecule has 0 aliphatic carbocycles. The molecule has 0 unspecified atom stereocenters. The zero-order chi connectivity index (χ0) is 46.5. The minimum Gasteiger partial charge on any atom is -1.00 e. The highest BCUT2D eigenvalue weighted by atomic mass is 79.9. The maximum absolute atomic E-state index is 14.5. The lowest BCUT2D eigenvalue weighted by molar-refractivity contribution is -0.684. The maximum Gasteiger partial charge on any atom is 0.514 e. The Morgan fingerprint density at radius 2 is 1.44 bits per heavy atom. The normalized spacial score (nSPS) is 17.7. The highest BCUT2D eigenvalue weighted by molar-refractivity contribution is 8.00. The molecular weight excluding hydrogens is 931 g/mol. The molecule has 17 heteroatoms. The molecule has 3 aliphatic rings. The highest BCUT2D eigenvalue weighted by Gasteiger charge is 2.55. The molecule has 0 spiro atoms. The number of aromatic nitrogens is 1. The van der Waals surface area contributed by atoms with Gasteiger partial charge in [0.15, 0.2) is 18.5 Å². The van der Waals surface area contributed by atoms with E-state index in [1.165, 1.54) is 16.7 Å². The summed E-state index contributed by atoms with van der Waals surface area (Å²) >= 11 is 1.37. The predicted molar refractivity (Wildman–Crippen MR) is 241 cm³/mol. The van der Waals surface area contributed by atoms with Crippen molar-refractivity contribution < 1.29 is 69.3 Å². The predicted octanol–water partition coefficient (Wildman–Crippen LogP) is 3.98. The van der Waals surface area contributed by atoms with E-state index in [0.29, 0.717) is 36.3 Å². The van der Waals surface area contributed by atoms with Crippen LogP contribution in [0.1, 0.15) is 70.8 Å². The molecule has 1 aromatic heterocycles. The molecule has 4 amide bonds. The summed E-state index contributed by atoms with van der Waals surface area (Å²) in [6, 6.07) is 27.7. The molecular formula is C49H52BrN5O10S. The first kappa shape index (κ1) is 49.0. The largest absolute Gasteiger partial charge is 1.00 e. The van der Waals surface area contributed by atoms with E-state index < -0.39 is 52.8 Å². The Balaban J connectivity index is 0.00000720. The fourth-order valence-corrected chi connectivity index (χ4v) is 8.65. The van der Waals surface area contributed by atoms with Crippen molar-refractivity contribution in [1.82, 2.24) is 15.1 Å². The van der Waals surface area contributed by atoms with Crippen LogP contribution in [0, 0.1) is 0 Å². The number of esters is 1. The lowest BCUT2D eigenvalue weighted by Crippen LogP contribution is -3.00. The molecule has 4 heterocycles. The Hall–Kier alpha value is -6.46. The Bertz CT molecular complexity index is 2470. The number of likely N-dealkylation sites (tertiary alicyclic amines) is 1. The third-order valence-corrected chi connectivity index (χ3v) is 11.5. The molecule has 0 bridgehead atoms. The molecule has 66 heavy (non-hydrogen) atoms. The molecule has 15 nitrogen and oxygen atoms in total. The molecule has 4 aromatic rings. The number of allylic oxidation sites excluding steroid dienone is 1. The first-order valence-corrected chi connectivity index (χ1v) is 22.2. The summed E-state index contributed by atoms with van der Waals surface area (Å²) in [7, 11) is 0. The van der Waals surface area contributed by atoms with Gasteiger partial charge in [-0.2, -0.15) is 4.57 Å². The van der Waals surface area contributed by atoms with Crippen LogP contribution in [0.2, 0.25) is 0 Å². The molecule has 0 radical (unpaired) electrons. The van der Waals surface area contributed by atoms with E-state index in [2.05, 4.69) is 10.6 Å². The summed E-state index contributed by atoms with van der Waals surface area (Å²) in [6.45, 7) is 11.2. The SMILES string of the molecule is CC(C)(C)OC(=O)N[C@@H]1C(=O)N2C(C(=O)OC(c3ccccc3)c3ccccc3)=C(/C=C3\CCN(Cc4cc[n+](CC(=O)Nc5ccc(OC(=O)OC(C)(C)C)cc5)cc4)C3=O)CS[C@H]12.[Br-]. The highest BCUT2D eigenvalue weighted by Crippen LogP contribution is 2.43. The van der Waals surface area contributed by atoms with Crippen molar-refractivity contribution in [2.24, 2.45) is 0 Å². The van der Waals surface area contributed by atoms with Crippen molar-refractivity contribution in [3.05, 3.63) is 149 Å². The Labute approximate surface area is 398 Å². The van der Waals surface area contributed by atoms with E-state index in [0.717, 1.165) is 16.7 Å². The van der Waals surface area contributed by atoms with Gasteiger partial charge in [0, 0.05) is 42.2 Å². The summed E-state index contributed by atoms with van der Waals surface area (Å²) < 4.78 is 23.8. The van der Waals surface area contributed by atoms with E-state index in [1.54, 1.807) is 93.7 Å². The molecule has 346 valence electrons. The third kappa shape index (κ3) is 12.5. The first-order chi connectivity index (χ1) is 30.9. The number of anilines is 1. The van der Waals surface area contributed by atoms with Gasteiger partial charge in [-0.1, -0.05) is 60.7 Å². The van der Waals surface area contributed by atoms with Gasteiger partial charge in [0.25, 0.3) is 11.8 Å². The number of carbonyl (C=O) groups is 6. The van der Waals surface area contributed by atoms with Gasteiger partial charge in [-0.3, -0.25) is 19.3 Å². The summed E-state index contributed by atoms with van der Waals surface area (Å²) in [4.78, 5) is 82.8. The van der Waals surface area contributed by atoms with Crippen LogP contribution in [0.15, 0.2) is 132 Å². The Kier molecular flexibility index (Phi) is 15.4. The summed E-state index contributed by atoms with van der Waals surface area (Å²) in [6.07, 6.45) is 3.27. The molecule has 3 aromatic carbocycles. The average Bonchev–Trinajstić information content (AvgIpc) is 3.59. The van der Waals surface area contributed by atoms with Crippen molar-refractivity contribution in [2.45, 2.75) is 89.8 Å². The van der Waals surface area contributed by atoms with Gasteiger partial charge in [0.05, 0.1) is 0 Å².